The lowest BCUT2D eigenvalue weighted by Crippen LogP contribution is -2.19. The van der Waals surface area contributed by atoms with Gasteiger partial charge in [0, 0.05) is 39.5 Å². The number of hydrogen-bond donors (Lipinski definition) is 0. The van der Waals surface area contributed by atoms with Crippen LogP contribution >= 0.6 is 23.5 Å². The highest BCUT2D eigenvalue weighted by Crippen LogP contribution is 2.33. The van der Waals surface area contributed by atoms with Crippen molar-refractivity contribution in [1.29, 1.82) is 0 Å². The number of ether oxygens (including phenoxy) is 1. The van der Waals surface area contributed by atoms with E-state index in [4.69, 9.17) is 20.8 Å². The highest BCUT2D eigenvalue weighted by Gasteiger charge is 2.20. The second kappa shape index (κ2) is 11.1. The van der Waals surface area contributed by atoms with Gasteiger partial charge in [-0.1, -0.05) is 48.0 Å². The van der Waals surface area contributed by atoms with Crippen molar-refractivity contribution in [2.75, 3.05) is 13.2 Å². The molecule has 0 bridgehead atoms. The van der Waals surface area contributed by atoms with Gasteiger partial charge in [0.25, 0.3) is 0 Å². The first-order valence-electron chi connectivity index (χ1n) is 11.1. The van der Waals surface area contributed by atoms with E-state index in [1.54, 1.807) is 31.0 Å². The van der Waals surface area contributed by atoms with Gasteiger partial charge in [-0.15, -0.1) is 0 Å². The lowest BCUT2D eigenvalue weighted by Gasteiger charge is -2.22. The topological polar surface area (TPSA) is 42.7 Å². The molecule has 34 heavy (non-hydrogen) atoms. The molecule has 0 radical (unpaired) electrons. The van der Waals surface area contributed by atoms with Crippen LogP contribution in [0.25, 0.3) is 11.0 Å². The van der Waals surface area contributed by atoms with Crippen LogP contribution in [0.2, 0.25) is 5.02 Å². The fourth-order valence-corrected chi connectivity index (χ4v) is 4.84. The molecule has 3 aromatic carbocycles. The number of benzene rings is 3. The number of fused-ring (bicyclic) bond motifs is 1. The molecule has 1 heterocycles. The van der Waals surface area contributed by atoms with Crippen molar-refractivity contribution in [3.8, 4) is 0 Å². The molecule has 0 saturated heterocycles. The average Bonchev–Trinajstić information content (AvgIpc) is 3.16. The van der Waals surface area contributed by atoms with Gasteiger partial charge < -0.3 is 9.15 Å². The van der Waals surface area contributed by atoms with Crippen LogP contribution in [-0.2, 0) is 17.7 Å². The lowest BCUT2D eigenvalue weighted by molar-refractivity contribution is 0.0491. The summed E-state index contributed by atoms with van der Waals surface area (Å²) in [6.07, 6.45) is 0.822. The van der Waals surface area contributed by atoms with E-state index in [1.807, 2.05) is 43.3 Å². The highest BCUT2D eigenvalue weighted by molar-refractivity contribution is 7.97. The molecule has 0 atom stereocenters. The van der Waals surface area contributed by atoms with Crippen molar-refractivity contribution >= 4 is 40.5 Å². The van der Waals surface area contributed by atoms with E-state index in [9.17, 15) is 9.18 Å². The summed E-state index contributed by atoms with van der Waals surface area (Å²) in [6.45, 7) is 5.03. The predicted molar refractivity (Wildman–Crippen MR) is 135 cm³/mol. The van der Waals surface area contributed by atoms with Crippen molar-refractivity contribution in [1.82, 2.24) is 4.31 Å². The number of carbonyl (C=O) groups is 1. The summed E-state index contributed by atoms with van der Waals surface area (Å²) in [5, 5.41) is 1.23. The molecule has 4 nitrogen and oxygen atoms in total. The number of rotatable bonds is 9. The number of aryl methyl sites for hydroxylation is 1. The molecule has 4 aromatic rings. The quantitative estimate of drug-likeness (QED) is 0.177. The molecule has 0 unspecified atom stereocenters. The highest BCUT2D eigenvalue weighted by atomic mass is 35.5. The molecule has 0 aliphatic rings. The van der Waals surface area contributed by atoms with Gasteiger partial charge in [-0.25, -0.2) is 13.5 Å². The van der Waals surface area contributed by atoms with Crippen molar-refractivity contribution in [2.45, 2.75) is 31.7 Å². The van der Waals surface area contributed by atoms with Crippen LogP contribution in [0.4, 0.5) is 4.39 Å². The van der Waals surface area contributed by atoms with E-state index in [-0.39, 0.29) is 18.2 Å². The summed E-state index contributed by atoms with van der Waals surface area (Å²) in [5.74, 6) is -0.561. The Bertz CT molecular complexity index is 1290. The van der Waals surface area contributed by atoms with E-state index in [0.29, 0.717) is 29.3 Å². The molecule has 176 valence electrons. The summed E-state index contributed by atoms with van der Waals surface area (Å²) in [5.41, 5.74) is 3.17. The maximum absolute atomic E-state index is 14.5. The number of esters is 1. The van der Waals surface area contributed by atoms with Crippen molar-refractivity contribution in [3.63, 3.8) is 0 Å². The molecule has 4 rings (SSSR count). The van der Waals surface area contributed by atoms with Gasteiger partial charge in [-0.2, -0.15) is 0 Å². The Labute approximate surface area is 207 Å². The molecule has 0 fully saturated rings. The minimum absolute atomic E-state index is 0.225. The predicted octanol–water partition coefficient (Wildman–Crippen LogP) is 7.46. The van der Waals surface area contributed by atoms with Gasteiger partial charge >= 0.3 is 5.97 Å². The third-order valence-corrected chi connectivity index (χ3v) is 6.73. The van der Waals surface area contributed by atoms with Crippen molar-refractivity contribution < 1.29 is 18.3 Å². The molecule has 0 aliphatic carbocycles. The van der Waals surface area contributed by atoms with Crippen LogP contribution < -0.4 is 0 Å². The zero-order valence-electron chi connectivity index (χ0n) is 19.0. The SMILES string of the molecule is CCOC(=O)c1oc2ccc(SN(CCc3ccccc3)Cc3ccc(Cl)cc3F)cc2c1C. The van der Waals surface area contributed by atoms with E-state index in [1.165, 1.54) is 11.6 Å². The third kappa shape index (κ3) is 5.81. The Kier molecular flexibility index (Phi) is 7.93. The van der Waals surface area contributed by atoms with Crippen LogP contribution in [0.15, 0.2) is 76.0 Å². The summed E-state index contributed by atoms with van der Waals surface area (Å²) in [6, 6.07) is 20.8. The second-order valence-corrected chi connectivity index (χ2v) is 9.47. The Morgan fingerprint density at radius 2 is 1.91 bits per heavy atom. The summed E-state index contributed by atoms with van der Waals surface area (Å²) in [7, 11) is 0. The van der Waals surface area contributed by atoms with E-state index in [0.717, 1.165) is 22.3 Å². The van der Waals surface area contributed by atoms with E-state index < -0.39 is 5.97 Å². The Hall–Kier alpha value is -2.80. The van der Waals surface area contributed by atoms with Gasteiger partial charge in [0.1, 0.15) is 11.4 Å². The maximum Gasteiger partial charge on any atom is 0.374 e. The van der Waals surface area contributed by atoms with Gasteiger partial charge in [0.2, 0.25) is 5.76 Å². The van der Waals surface area contributed by atoms with Crippen molar-refractivity contribution in [3.05, 3.63) is 100 Å². The second-order valence-electron chi connectivity index (χ2n) is 7.86. The largest absolute Gasteiger partial charge is 0.460 e. The molecule has 1 aromatic heterocycles. The molecular formula is C27H25ClFNO3S. The molecule has 0 N–H and O–H groups in total. The maximum atomic E-state index is 14.5. The summed E-state index contributed by atoms with van der Waals surface area (Å²) in [4.78, 5) is 13.2. The number of hydrogen-bond acceptors (Lipinski definition) is 5. The first-order valence-corrected chi connectivity index (χ1v) is 12.2. The average molecular weight is 498 g/mol. The van der Waals surface area contributed by atoms with Crippen molar-refractivity contribution in [2.24, 2.45) is 0 Å². The van der Waals surface area contributed by atoms with Gasteiger partial charge in [0.05, 0.1) is 6.61 Å². The van der Waals surface area contributed by atoms with Crippen LogP contribution in [0.3, 0.4) is 0 Å². The Morgan fingerprint density at radius 3 is 2.65 bits per heavy atom. The molecule has 0 aliphatic heterocycles. The molecule has 7 heteroatoms. The standard InChI is InChI=1S/C27H25ClFNO3S/c1-3-32-27(31)26-18(2)23-16-22(11-12-25(23)33-26)34-30(14-13-19-7-5-4-6-8-19)17-20-9-10-21(28)15-24(20)29/h4-12,15-16H,3,13-14,17H2,1-2H3. The first kappa shape index (κ1) is 24.3. The zero-order valence-corrected chi connectivity index (χ0v) is 20.6. The number of nitrogens with zero attached hydrogens (tertiary/aromatic N) is 1. The lowest BCUT2D eigenvalue weighted by atomic mass is 10.1. The van der Waals surface area contributed by atoms with Gasteiger partial charge in [0.15, 0.2) is 0 Å². The smallest absolute Gasteiger partial charge is 0.374 e. The third-order valence-electron chi connectivity index (χ3n) is 5.46. The van der Waals surface area contributed by atoms with Crippen LogP contribution in [0.1, 0.15) is 34.2 Å². The van der Waals surface area contributed by atoms with Gasteiger partial charge in [-0.05, 0) is 68.1 Å². The Balaban J connectivity index is 1.58. The van der Waals surface area contributed by atoms with Crippen LogP contribution in [-0.4, -0.2) is 23.4 Å². The van der Waals surface area contributed by atoms with Gasteiger partial charge in [-0.3, -0.25) is 0 Å². The molecule has 0 amide bonds. The zero-order chi connectivity index (χ0) is 24.1. The fraction of sp³-hybridized carbons (Fsp3) is 0.222. The molecule has 0 spiro atoms. The monoisotopic (exact) mass is 497 g/mol. The normalized spacial score (nSPS) is 11.3. The van der Waals surface area contributed by atoms with Crippen LogP contribution in [0.5, 0.6) is 0 Å². The molecular weight excluding hydrogens is 473 g/mol. The minimum atomic E-state index is -0.465. The summed E-state index contributed by atoms with van der Waals surface area (Å²) >= 11 is 7.48. The number of furan rings is 1. The fourth-order valence-electron chi connectivity index (χ4n) is 3.69. The van der Waals surface area contributed by atoms with E-state index >= 15 is 0 Å². The first-order chi connectivity index (χ1) is 16.4. The molecule has 0 saturated carbocycles. The summed E-state index contributed by atoms with van der Waals surface area (Å²) < 4.78 is 27.5. The number of halogens is 2. The number of carbonyl (C=O) groups excluding carboxylic acids is 1. The van der Waals surface area contributed by atoms with Crippen LogP contribution in [0, 0.1) is 12.7 Å². The van der Waals surface area contributed by atoms with E-state index in [2.05, 4.69) is 16.4 Å². The Morgan fingerprint density at radius 1 is 1.12 bits per heavy atom. The minimum Gasteiger partial charge on any atom is -0.460 e.